The highest BCUT2D eigenvalue weighted by molar-refractivity contribution is 5.76. The van der Waals surface area contributed by atoms with Gasteiger partial charge in [-0.25, -0.2) is 0 Å². The molecule has 0 bridgehead atoms. The molecule has 92 valence electrons. The average molecular weight is 233 g/mol. The quantitative estimate of drug-likeness (QED) is 0.818. The summed E-state index contributed by atoms with van der Waals surface area (Å²) in [6.45, 7) is 0. The van der Waals surface area contributed by atoms with E-state index in [4.69, 9.17) is 4.74 Å². The number of carbonyl (C=O) groups is 1. The van der Waals surface area contributed by atoms with Crippen molar-refractivity contribution in [3.8, 4) is 5.75 Å². The Kier molecular flexibility index (Phi) is 4.02. The van der Waals surface area contributed by atoms with Crippen LogP contribution in [0.25, 0.3) is 0 Å². The predicted molar refractivity (Wildman–Crippen MR) is 67.1 cm³/mol. The van der Waals surface area contributed by atoms with Gasteiger partial charge in [0.25, 0.3) is 0 Å². The first-order chi connectivity index (χ1) is 8.28. The van der Waals surface area contributed by atoms with Crippen molar-refractivity contribution < 1.29 is 9.53 Å². The largest absolute Gasteiger partial charge is 0.497 e. The molecule has 0 unspecified atom stereocenters. The molecule has 1 saturated carbocycles. The number of methoxy groups -OCH3 is 1. The molecule has 0 atom stereocenters. The third kappa shape index (κ3) is 4.10. The van der Waals surface area contributed by atoms with Gasteiger partial charge in [0.15, 0.2) is 0 Å². The molecular formula is C14H19NO2. The van der Waals surface area contributed by atoms with Gasteiger partial charge >= 0.3 is 0 Å². The molecule has 0 spiro atoms. The third-order valence-electron chi connectivity index (χ3n) is 2.97. The average Bonchev–Trinajstić information content (AvgIpc) is 3.14. The summed E-state index contributed by atoms with van der Waals surface area (Å²) in [4.78, 5) is 11.5. The maximum atomic E-state index is 11.5. The summed E-state index contributed by atoms with van der Waals surface area (Å²) < 4.78 is 5.10. The lowest BCUT2D eigenvalue weighted by Gasteiger charge is -2.04. The van der Waals surface area contributed by atoms with E-state index in [9.17, 15) is 4.79 Å². The normalized spacial score (nSPS) is 14.4. The minimum absolute atomic E-state index is 0.195. The van der Waals surface area contributed by atoms with Crippen molar-refractivity contribution in [2.45, 2.75) is 38.1 Å². The van der Waals surface area contributed by atoms with Crippen molar-refractivity contribution in [1.82, 2.24) is 5.32 Å². The van der Waals surface area contributed by atoms with Crippen LogP contribution in [0.4, 0.5) is 0 Å². The Bertz CT molecular complexity index is 368. The Labute approximate surface area is 102 Å². The van der Waals surface area contributed by atoms with Gasteiger partial charge in [-0.3, -0.25) is 4.79 Å². The van der Waals surface area contributed by atoms with Gasteiger partial charge in [-0.05, 0) is 43.4 Å². The van der Waals surface area contributed by atoms with Crippen molar-refractivity contribution in [3.63, 3.8) is 0 Å². The summed E-state index contributed by atoms with van der Waals surface area (Å²) in [5.74, 6) is 1.07. The van der Waals surface area contributed by atoms with E-state index in [1.54, 1.807) is 7.11 Å². The summed E-state index contributed by atoms with van der Waals surface area (Å²) >= 11 is 0. The SMILES string of the molecule is COc1ccc(CCCC(=O)NC2CC2)cc1. The van der Waals surface area contributed by atoms with Gasteiger partial charge in [0.2, 0.25) is 5.91 Å². The Morgan fingerprint density at radius 1 is 1.35 bits per heavy atom. The zero-order valence-corrected chi connectivity index (χ0v) is 10.2. The van der Waals surface area contributed by atoms with Gasteiger partial charge in [0, 0.05) is 12.5 Å². The van der Waals surface area contributed by atoms with Gasteiger partial charge in [-0.1, -0.05) is 12.1 Å². The molecule has 0 radical (unpaired) electrons. The van der Waals surface area contributed by atoms with Crippen LogP contribution in [-0.2, 0) is 11.2 Å². The van der Waals surface area contributed by atoms with Crippen LogP contribution in [0.1, 0.15) is 31.2 Å². The lowest BCUT2D eigenvalue weighted by atomic mass is 10.1. The van der Waals surface area contributed by atoms with Crippen molar-refractivity contribution in [3.05, 3.63) is 29.8 Å². The van der Waals surface area contributed by atoms with Crippen molar-refractivity contribution in [2.75, 3.05) is 7.11 Å². The first-order valence-corrected chi connectivity index (χ1v) is 6.20. The molecule has 1 aromatic carbocycles. The van der Waals surface area contributed by atoms with E-state index in [1.807, 2.05) is 12.1 Å². The van der Waals surface area contributed by atoms with Crippen LogP contribution in [0.5, 0.6) is 5.75 Å². The smallest absolute Gasteiger partial charge is 0.220 e. The Balaban J connectivity index is 1.67. The Morgan fingerprint density at radius 2 is 2.06 bits per heavy atom. The maximum absolute atomic E-state index is 11.5. The molecule has 3 heteroatoms. The van der Waals surface area contributed by atoms with Gasteiger partial charge in [-0.15, -0.1) is 0 Å². The number of rotatable bonds is 6. The minimum atomic E-state index is 0.195. The van der Waals surface area contributed by atoms with Crippen LogP contribution in [0.15, 0.2) is 24.3 Å². The second-order valence-electron chi connectivity index (χ2n) is 4.54. The fraction of sp³-hybridized carbons (Fsp3) is 0.500. The standard InChI is InChI=1S/C14H19NO2/c1-17-13-9-5-11(6-10-13)3-2-4-14(16)15-12-7-8-12/h5-6,9-10,12H,2-4,7-8H2,1H3,(H,15,16). The van der Waals surface area contributed by atoms with Gasteiger partial charge in [-0.2, -0.15) is 0 Å². The van der Waals surface area contributed by atoms with E-state index in [1.165, 1.54) is 5.56 Å². The molecular weight excluding hydrogens is 214 g/mol. The van der Waals surface area contributed by atoms with Crippen molar-refractivity contribution >= 4 is 5.91 Å². The topological polar surface area (TPSA) is 38.3 Å². The van der Waals surface area contributed by atoms with Crippen LogP contribution >= 0.6 is 0 Å². The highest BCUT2D eigenvalue weighted by Crippen LogP contribution is 2.19. The van der Waals surface area contributed by atoms with Crippen LogP contribution in [0, 0.1) is 0 Å². The van der Waals surface area contributed by atoms with E-state index in [2.05, 4.69) is 17.4 Å². The first kappa shape index (κ1) is 12.0. The number of amides is 1. The van der Waals surface area contributed by atoms with Crippen LogP contribution in [0.2, 0.25) is 0 Å². The number of benzene rings is 1. The molecule has 1 aliphatic rings. The number of ether oxygens (including phenoxy) is 1. The van der Waals surface area contributed by atoms with E-state index in [-0.39, 0.29) is 5.91 Å². The molecule has 3 nitrogen and oxygen atoms in total. The summed E-state index contributed by atoms with van der Waals surface area (Å²) in [5.41, 5.74) is 1.25. The zero-order valence-electron chi connectivity index (χ0n) is 10.2. The summed E-state index contributed by atoms with van der Waals surface area (Å²) in [6.07, 6.45) is 4.80. The maximum Gasteiger partial charge on any atom is 0.220 e. The lowest BCUT2D eigenvalue weighted by Crippen LogP contribution is -2.24. The molecule has 1 aromatic rings. The molecule has 0 heterocycles. The van der Waals surface area contributed by atoms with E-state index in [0.29, 0.717) is 12.5 Å². The monoisotopic (exact) mass is 233 g/mol. The van der Waals surface area contributed by atoms with Gasteiger partial charge < -0.3 is 10.1 Å². The number of hydrogen-bond acceptors (Lipinski definition) is 2. The fourth-order valence-corrected chi connectivity index (χ4v) is 1.77. The molecule has 1 aliphatic carbocycles. The lowest BCUT2D eigenvalue weighted by molar-refractivity contribution is -0.121. The summed E-state index contributed by atoms with van der Waals surface area (Å²) in [5, 5.41) is 3.00. The second-order valence-corrected chi connectivity index (χ2v) is 4.54. The van der Waals surface area contributed by atoms with Crippen LogP contribution < -0.4 is 10.1 Å². The number of hydrogen-bond donors (Lipinski definition) is 1. The number of carbonyl (C=O) groups excluding carboxylic acids is 1. The number of aryl methyl sites for hydroxylation is 1. The van der Waals surface area contributed by atoms with Crippen molar-refractivity contribution in [2.24, 2.45) is 0 Å². The molecule has 2 rings (SSSR count). The summed E-state index contributed by atoms with van der Waals surface area (Å²) in [6, 6.07) is 8.50. The third-order valence-corrected chi connectivity index (χ3v) is 2.97. The zero-order chi connectivity index (χ0) is 12.1. The predicted octanol–water partition coefficient (Wildman–Crippen LogP) is 2.30. The molecule has 0 aliphatic heterocycles. The van der Waals surface area contributed by atoms with Gasteiger partial charge in [0.1, 0.15) is 5.75 Å². The van der Waals surface area contributed by atoms with Crippen LogP contribution in [0.3, 0.4) is 0 Å². The fourth-order valence-electron chi connectivity index (χ4n) is 1.77. The molecule has 0 aromatic heterocycles. The Morgan fingerprint density at radius 3 is 2.65 bits per heavy atom. The van der Waals surface area contributed by atoms with Gasteiger partial charge in [0.05, 0.1) is 7.11 Å². The first-order valence-electron chi connectivity index (χ1n) is 6.20. The highest BCUT2D eigenvalue weighted by Gasteiger charge is 2.22. The summed E-state index contributed by atoms with van der Waals surface area (Å²) in [7, 11) is 1.66. The van der Waals surface area contributed by atoms with E-state index >= 15 is 0 Å². The van der Waals surface area contributed by atoms with Crippen molar-refractivity contribution in [1.29, 1.82) is 0 Å². The molecule has 17 heavy (non-hydrogen) atoms. The molecule has 1 fully saturated rings. The van der Waals surface area contributed by atoms with Crippen LogP contribution in [-0.4, -0.2) is 19.1 Å². The highest BCUT2D eigenvalue weighted by atomic mass is 16.5. The molecule has 1 amide bonds. The molecule has 1 N–H and O–H groups in total. The van der Waals surface area contributed by atoms with E-state index < -0.39 is 0 Å². The molecule has 0 saturated heterocycles. The Hall–Kier alpha value is -1.51. The second kappa shape index (κ2) is 5.71. The van der Waals surface area contributed by atoms with E-state index in [0.717, 1.165) is 31.4 Å². The minimum Gasteiger partial charge on any atom is -0.497 e. The number of nitrogens with one attached hydrogen (secondary N) is 1.